The van der Waals surface area contributed by atoms with Crippen LogP contribution in [0.3, 0.4) is 0 Å². The zero-order valence-electron chi connectivity index (χ0n) is 11.4. The van der Waals surface area contributed by atoms with Crippen molar-refractivity contribution in [3.63, 3.8) is 0 Å². The fraction of sp³-hybridized carbons (Fsp3) is 0.733. The normalized spacial score (nSPS) is 27.5. The average molecular weight is 325 g/mol. The Morgan fingerprint density at radius 2 is 1.79 bits per heavy atom. The van der Waals surface area contributed by atoms with Crippen LogP contribution in [0.4, 0.5) is 0 Å². The third-order valence-corrected chi connectivity index (χ3v) is 5.45. The van der Waals surface area contributed by atoms with Gasteiger partial charge >= 0.3 is 0 Å². The summed E-state index contributed by atoms with van der Waals surface area (Å²) < 4.78 is 0.654. The molecule has 1 aromatic rings. The minimum absolute atomic E-state index is 0.00418. The van der Waals surface area contributed by atoms with Crippen LogP contribution in [0.25, 0.3) is 0 Å². The number of nitrogens with one attached hydrogen (secondary N) is 1. The van der Waals surface area contributed by atoms with Crippen LogP contribution in [0.5, 0.6) is 0 Å². The molecule has 104 valence electrons. The lowest BCUT2D eigenvalue weighted by Crippen LogP contribution is -2.21. The number of H-pyrrole nitrogens is 1. The summed E-state index contributed by atoms with van der Waals surface area (Å²) in [4.78, 5) is 19.8. The Morgan fingerprint density at radius 3 is 2.37 bits per heavy atom. The van der Waals surface area contributed by atoms with Crippen LogP contribution in [0.1, 0.15) is 75.2 Å². The van der Waals surface area contributed by atoms with Gasteiger partial charge in [0.15, 0.2) is 0 Å². The van der Waals surface area contributed by atoms with E-state index in [1.807, 2.05) is 0 Å². The van der Waals surface area contributed by atoms with Crippen LogP contribution in [0.2, 0.25) is 0 Å². The van der Waals surface area contributed by atoms with Crippen LogP contribution < -0.4 is 5.56 Å². The Hall–Kier alpha value is -0.640. The minimum atomic E-state index is 0.00418. The lowest BCUT2D eigenvalue weighted by molar-refractivity contribution is 0.311. The molecule has 0 spiro atoms. The summed E-state index contributed by atoms with van der Waals surface area (Å²) in [5, 5.41) is 0. The number of nitrogens with zero attached hydrogens (tertiary/aromatic N) is 1. The Labute approximate surface area is 122 Å². The molecule has 2 aliphatic rings. The lowest BCUT2D eigenvalue weighted by Gasteiger charge is -2.27. The maximum absolute atomic E-state index is 12.0. The van der Waals surface area contributed by atoms with Gasteiger partial charge in [0.05, 0.1) is 5.69 Å². The highest BCUT2D eigenvalue weighted by molar-refractivity contribution is 9.10. The minimum Gasteiger partial charge on any atom is -0.309 e. The molecule has 0 bridgehead atoms. The molecule has 0 atom stereocenters. The monoisotopic (exact) mass is 324 g/mol. The second-order valence-electron chi connectivity index (χ2n) is 6.05. The van der Waals surface area contributed by atoms with Crippen molar-refractivity contribution in [1.29, 1.82) is 0 Å². The quantitative estimate of drug-likeness (QED) is 0.910. The fourth-order valence-electron chi connectivity index (χ4n) is 3.16. The van der Waals surface area contributed by atoms with E-state index in [0.29, 0.717) is 16.3 Å². The first-order chi connectivity index (χ1) is 9.19. The van der Waals surface area contributed by atoms with Gasteiger partial charge in [-0.25, -0.2) is 4.98 Å². The molecular formula is C15H21BrN2O. The van der Waals surface area contributed by atoms with Gasteiger partial charge in [-0.2, -0.15) is 0 Å². The topological polar surface area (TPSA) is 45.8 Å². The standard InChI is InChI=1S/C15H21BrN2O/c1-2-9-3-5-11(6-4-9)14-17-13(10-7-8-10)12(16)15(19)18-14/h9-11H,2-8H2,1H3,(H,17,18,19). The zero-order valence-corrected chi connectivity index (χ0v) is 13.0. The first kappa shape index (κ1) is 13.3. The van der Waals surface area contributed by atoms with Crippen molar-refractivity contribution in [2.24, 2.45) is 5.92 Å². The summed E-state index contributed by atoms with van der Waals surface area (Å²) >= 11 is 3.39. The molecule has 1 aromatic heterocycles. The van der Waals surface area contributed by atoms with Crippen LogP contribution in [0.15, 0.2) is 9.27 Å². The Kier molecular flexibility index (Phi) is 3.79. The van der Waals surface area contributed by atoms with Gasteiger partial charge in [0, 0.05) is 11.8 Å². The molecule has 0 unspecified atom stereocenters. The van der Waals surface area contributed by atoms with Gasteiger partial charge in [-0.1, -0.05) is 13.3 Å². The van der Waals surface area contributed by atoms with Crippen molar-refractivity contribution in [3.05, 3.63) is 26.3 Å². The van der Waals surface area contributed by atoms with Gasteiger partial charge in [-0.15, -0.1) is 0 Å². The Bertz CT molecular complexity index is 513. The van der Waals surface area contributed by atoms with E-state index in [4.69, 9.17) is 4.98 Å². The molecule has 3 rings (SSSR count). The molecule has 1 heterocycles. The van der Waals surface area contributed by atoms with Crippen LogP contribution in [-0.4, -0.2) is 9.97 Å². The summed E-state index contributed by atoms with van der Waals surface area (Å²) in [6, 6.07) is 0. The molecule has 0 amide bonds. The fourth-order valence-corrected chi connectivity index (χ4v) is 3.67. The molecule has 4 heteroatoms. The predicted molar refractivity (Wildman–Crippen MR) is 79.5 cm³/mol. The summed E-state index contributed by atoms with van der Waals surface area (Å²) in [7, 11) is 0. The number of halogens is 1. The molecule has 3 nitrogen and oxygen atoms in total. The van der Waals surface area contributed by atoms with E-state index in [1.54, 1.807) is 0 Å². The summed E-state index contributed by atoms with van der Waals surface area (Å²) in [6.07, 6.45) is 8.54. The van der Waals surface area contributed by atoms with Crippen molar-refractivity contribution in [3.8, 4) is 0 Å². The number of aromatic amines is 1. The van der Waals surface area contributed by atoms with Crippen molar-refractivity contribution >= 4 is 15.9 Å². The van der Waals surface area contributed by atoms with Gasteiger partial charge < -0.3 is 4.98 Å². The van der Waals surface area contributed by atoms with Gasteiger partial charge in [-0.3, -0.25) is 4.79 Å². The highest BCUT2D eigenvalue weighted by Gasteiger charge is 2.30. The van der Waals surface area contributed by atoms with E-state index in [1.165, 1.54) is 44.9 Å². The van der Waals surface area contributed by atoms with Gasteiger partial charge in [-0.05, 0) is 60.4 Å². The average Bonchev–Trinajstić information content (AvgIpc) is 3.26. The predicted octanol–water partition coefficient (Wildman–Crippen LogP) is 4.09. The van der Waals surface area contributed by atoms with Crippen molar-refractivity contribution < 1.29 is 0 Å². The number of rotatable bonds is 3. The number of hydrogen-bond acceptors (Lipinski definition) is 2. The molecule has 0 aliphatic heterocycles. The number of hydrogen-bond donors (Lipinski definition) is 1. The van der Waals surface area contributed by atoms with E-state index in [9.17, 15) is 4.79 Å². The molecule has 2 saturated carbocycles. The van der Waals surface area contributed by atoms with Crippen molar-refractivity contribution in [2.75, 3.05) is 0 Å². The zero-order chi connectivity index (χ0) is 13.4. The number of aromatic nitrogens is 2. The first-order valence-electron chi connectivity index (χ1n) is 7.48. The summed E-state index contributed by atoms with van der Waals surface area (Å²) in [6.45, 7) is 2.27. The molecule has 0 radical (unpaired) electrons. The second-order valence-corrected chi connectivity index (χ2v) is 6.84. The molecule has 0 saturated heterocycles. The molecule has 0 aromatic carbocycles. The smallest absolute Gasteiger partial charge is 0.265 e. The molecular weight excluding hydrogens is 304 g/mol. The van der Waals surface area contributed by atoms with Crippen LogP contribution in [-0.2, 0) is 0 Å². The SMILES string of the molecule is CCC1CCC(c2nc(C3CC3)c(Br)c(=O)[nH]2)CC1. The summed E-state index contributed by atoms with van der Waals surface area (Å²) in [5.74, 6) is 2.79. The molecule has 1 N–H and O–H groups in total. The van der Waals surface area contributed by atoms with E-state index in [-0.39, 0.29) is 5.56 Å². The first-order valence-corrected chi connectivity index (χ1v) is 8.28. The summed E-state index contributed by atoms with van der Waals surface area (Å²) in [5.41, 5.74) is 1.00. The third kappa shape index (κ3) is 2.78. The molecule has 19 heavy (non-hydrogen) atoms. The Balaban J connectivity index is 1.83. The lowest BCUT2D eigenvalue weighted by atomic mass is 9.80. The van der Waals surface area contributed by atoms with Crippen LogP contribution in [0, 0.1) is 5.92 Å². The maximum Gasteiger partial charge on any atom is 0.265 e. The van der Waals surface area contributed by atoms with E-state index < -0.39 is 0 Å². The van der Waals surface area contributed by atoms with E-state index in [2.05, 4.69) is 27.8 Å². The van der Waals surface area contributed by atoms with Crippen molar-refractivity contribution in [2.45, 2.75) is 63.7 Å². The van der Waals surface area contributed by atoms with Gasteiger partial charge in [0.25, 0.3) is 5.56 Å². The Morgan fingerprint density at radius 1 is 1.16 bits per heavy atom. The highest BCUT2D eigenvalue weighted by atomic mass is 79.9. The largest absolute Gasteiger partial charge is 0.309 e. The third-order valence-electron chi connectivity index (χ3n) is 4.68. The van der Waals surface area contributed by atoms with Crippen molar-refractivity contribution in [1.82, 2.24) is 9.97 Å². The second kappa shape index (κ2) is 5.39. The van der Waals surface area contributed by atoms with E-state index in [0.717, 1.165) is 17.4 Å². The van der Waals surface area contributed by atoms with E-state index >= 15 is 0 Å². The molecule has 2 fully saturated rings. The van der Waals surface area contributed by atoms with Crippen LogP contribution >= 0.6 is 15.9 Å². The maximum atomic E-state index is 12.0. The van der Waals surface area contributed by atoms with Gasteiger partial charge in [0.1, 0.15) is 10.3 Å². The molecule has 2 aliphatic carbocycles. The highest BCUT2D eigenvalue weighted by Crippen LogP contribution is 2.42. The van der Waals surface area contributed by atoms with Gasteiger partial charge in [0.2, 0.25) is 0 Å².